The Balaban J connectivity index is 1.48. The van der Waals surface area contributed by atoms with Crippen LogP contribution in [0.15, 0.2) is 77.2 Å². The minimum Gasteiger partial charge on any atom is -0.436 e. The van der Waals surface area contributed by atoms with Gasteiger partial charge in [0.1, 0.15) is 11.3 Å². The summed E-state index contributed by atoms with van der Waals surface area (Å²) in [7, 11) is 0. The Morgan fingerprint density at radius 1 is 1.00 bits per heavy atom. The van der Waals surface area contributed by atoms with Crippen molar-refractivity contribution in [2.75, 3.05) is 5.32 Å². The number of para-hydroxylation sites is 1. The molecule has 1 N–H and O–H groups in total. The molecular weight excluding hydrogens is 352 g/mol. The van der Waals surface area contributed by atoms with Crippen molar-refractivity contribution in [1.29, 1.82) is 0 Å². The van der Waals surface area contributed by atoms with Gasteiger partial charge in [-0.2, -0.15) is 0 Å². The largest absolute Gasteiger partial charge is 0.436 e. The molecule has 0 bridgehead atoms. The molecule has 0 fully saturated rings. The molecule has 0 saturated heterocycles. The number of anilines is 1. The highest BCUT2D eigenvalue weighted by Crippen LogP contribution is 2.27. The third kappa shape index (κ3) is 3.53. The van der Waals surface area contributed by atoms with Crippen molar-refractivity contribution in [2.24, 2.45) is 0 Å². The lowest BCUT2D eigenvalue weighted by atomic mass is 10.2. The van der Waals surface area contributed by atoms with Crippen LogP contribution in [-0.2, 0) is 0 Å². The van der Waals surface area contributed by atoms with Gasteiger partial charge in [-0.25, -0.2) is 9.78 Å². The zero-order valence-corrected chi connectivity index (χ0v) is 14.2. The number of nitrogens with zero attached hydrogens (tertiary/aromatic N) is 1. The molecule has 1 aromatic heterocycles. The van der Waals surface area contributed by atoms with Crippen LogP contribution in [-0.4, -0.2) is 11.1 Å². The Morgan fingerprint density at radius 2 is 1.77 bits per heavy atom. The van der Waals surface area contributed by atoms with E-state index in [-0.39, 0.29) is 0 Å². The second-order valence-corrected chi connectivity index (χ2v) is 5.97. The highest BCUT2D eigenvalue weighted by molar-refractivity contribution is 6.31. The van der Waals surface area contributed by atoms with Crippen molar-refractivity contribution in [1.82, 2.24) is 4.98 Å². The van der Waals surface area contributed by atoms with Gasteiger partial charge in [0.2, 0.25) is 5.89 Å². The van der Waals surface area contributed by atoms with Gasteiger partial charge in [0, 0.05) is 16.3 Å². The molecule has 0 aliphatic carbocycles. The van der Waals surface area contributed by atoms with Crippen LogP contribution in [0.5, 0.6) is 5.75 Å². The molecular formula is C20H13ClN2O3. The van der Waals surface area contributed by atoms with E-state index in [0.29, 0.717) is 33.4 Å². The van der Waals surface area contributed by atoms with Gasteiger partial charge >= 0.3 is 6.09 Å². The molecule has 6 heteroatoms. The third-order valence-electron chi connectivity index (χ3n) is 3.68. The molecule has 0 spiro atoms. The molecule has 1 heterocycles. The topological polar surface area (TPSA) is 64.4 Å². The lowest BCUT2D eigenvalue weighted by Crippen LogP contribution is -2.16. The summed E-state index contributed by atoms with van der Waals surface area (Å²) in [6.07, 6.45) is -0.555. The van der Waals surface area contributed by atoms with E-state index in [1.54, 1.807) is 54.6 Å². The molecule has 0 aliphatic heterocycles. The zero-order valence-electron chi connectivity index (χ0n) is 13.5. The number of aromatic nitrogens is 1. The molecule has 128 valence electrons. The average Bonchev–Trinajstić information content (AvgIpc) is 3.06. The minimum absolute atomic E-state index is 0.478. The van der Waals surface area contributed by atoms with Crippen LogP contribution in [0.2, 0.25) is 5.02 Å². The van der Waals surface area contributed by atoms with Gasteiger partial charge in [-0.05, 0) is 54.6 Å². The number of oxazole rings is 1. The fourth-order valence-corrected chi connectivity index (χ4v) is 2.63. The van der Waals surface area contributed by atoms with E-state index in [2.05, 4.69) is 10.3 Å². The number of hydrogen-bond acceptors (Lipinski definition) is 4. The molecule has 0 radical (unpaired) electrons. The van der Waals surface area contributed by atoms with Crippen molar-refractivity contribution in [3.05, 3.63) is 77.8 Å². The van der Waals surface area contributed by atoms with Crippen LogP contribution in [0.4, 0.5) is 10.5 Å². The first-order chi connectivity index (χ1) is 12.7. The minimum atomic E-state index is -0.555. The first-order valence-electron chi connectivity index (χ1n) is 7.88. The Morgan fingerprint density at radius 3 is 2.54 bits per heavy atom. The maximum Gasteiger partial charge on any atom is 0.417 e. The fourth-order valence-electron chi connectivity index (χ4n) is 2.46. The van der Waals surface area contributed by atoms with Crippen molar-refractivity contribution in [3.63, 3.8) is 0 Å². The summed E-state index contributed by atoms with van der Waals surface area (Å²) < 4.78 is 10.9. The van der Waals surface area contributed by atoms with Crippen LogP contribution in [0.1, 0.15) is 0 Å². The number of benzene rings is 3. The van der Waals surface area contributed by atoms with Gasteiger partial charge < -0.3 is 9.15 Å². The summed E-state index contributed by atoms with van der Waals surface area (Å²) in [5.41, 5.74) is 2.76. The predicted molar refractivity (Wildman–Crippen MR) is 101 cm³/mol. The summed E-state index contributed by atoms with van der Waals surface area (Å²) in [5.74, 6) is 0.965. The third-order valence-corrected chi connectivity index (χ3v) is 3.92. The second kappa shape index (κ2) is 6.90. The lowest BCUT2D eigenvalue weighted by Gasteiger charge is -2.06. The zero-order chi connectivity index (χ0) is 17.9. The molecule has 1 amide bonds. The highest BCUT2D eigenvalue weighted by atomic mass is 35.5. The van der Waals surface area contributed by atoms with Crippen molar-refractivity contribution < 1.29 is 13.9 Å². The number of ether oxygens (including phenoxy) is 1. The van der Waals surface area contributed by atoms with Gasteiger partial charge in [-0.1, -0.05) is 29.8 Å². The highest BCUT2D eigenvalue weighted by Gasteiger charge is 2.10. The molecule has 0 unspecified atom stereocenters. The van der Waals surface area contributed by atoms with Gasteiger partial charge in [0.05, 0.1) is 0 Å². The fraction of sp³-hybridized carbons (Fsp3) is 0. The standard InChI is InChI=1S/C20H13ClN2O3/c21-14-8-11-18-17(12-14)23-19(26-18)13-6-9-15(10-7-13)22-20(24)25-16-4-2-1-3-5-16/h1-12H,(H,22,24). The van der Waals surface area contributed by atoms with E-state index in [1.165, 1.54) is 0 Å². The molecule has 0 aliphatic rings. The van der Waals surface area contributed by atoms with Crippen LogP contribution in [0.3, 0.4) is 0 Å². The Bertz CT molecular complexity index is 1060. The summed E-state index contributed by atoms with van der Waals surface area (Å²) in [4.78, 5) is 16.3. The van der Waals surface area contributed by atoms with E-state index in [4.69, 9.17) is 20.8 Å². The summed E-state index contributed by atoms with van der Waals surface area (Å²) in [5, 5.41) is 3.28. The normalized spacial score (nSPS) is 10.7. The van der Waals surface area contributed by atoms with E-state index in [0.717, 1.165) is 5.56 Å². The van der Waals surface area contributed by atoms with E-state index in [1.807, 2.05) is 18.2 Å². The van der Waals surface area contributed by atoms with Crippen LogP contribution in [0.25, 0.3) is 22.6 Å². The smallest absolute Gasteiger partial charge is 0.417 e. The quantitative estimate of drug-likeness (QED) is 0.502. The summed E-state index contributed by atoms with van der Waals surface area (Å²) in [6.45, 7) is 0. The number of carbonyl (C=O) groups is 1. The molecule has 3 aromatic carbocycles. The molecule has 26 heavy (non-hydrogen) atoms. The predicted octanol–water partition coefficient (Wildman–Crippen LogP) is 5.76. The second-order valence-electron chi connectivity index (χ2n) is 5.54. The lowest BCUT2D eigenvalue weighted by molar-refractivity contribution is 0.215. The van der Waals surface area contributed by atoms with Gasteiger partial charge in [-0.15, -0.1) is 0 Å². The number of hydrogen-bond donors (Lipinski definition) is 1. The molecule has 0 saturated carbocycles. The number of nitrogens with one attached hydrogen (secondary N) is 1. The molecule has 5 nitrogen and oxygen atoms in total. The van der Waals surface area contributed by atoms with Gasteiger partial charge in [0.15, 0.2) is 5.58 Å². The van der Waals surface area contributed by atoms with Crippen molar-refractivity contribution in [3.8, 4) is 17.2 Å². The molecule has 4 aromatic rings. The van der Waals surface area contributed by atoms with Crippen LogP contribution >= 0.6 is 11.6 Å². The molecule has 4 rings (SSSR count). The monoisotopic (exact) mass is 364 g/mol. The summed E-state index contributed by atoms with van der Waals surface area (Å²) >= 11 is 5.97. The van der Waals surface area contributed by atoms with Crippen LogP contribution in [0, 0.1) is 0 Å². The maximum atomic E-state index is 11.9. The van der Waals surface area contributed by atoms with E-state index >= 15 is 0 Å². The van der Waals surface area contributed by atoms with Crippen molar-refractivity contribution in [2.45, 2.75) is 0 Å². The van der Waals surface area contributed by atoms with E-state index < -0.39 is 6.09 Å². The number of rotatable bonds is 3. The first-order valence-corrected chi connectivity index (χ1v) is 8.25. The van der Waals surface area contributed by atoms with Crippen molar-refractivity contribution >= 4 is 34.5 Å². The number of carbonyl (C=O) groups excluding carboxylic acids is 1. The Hall–Kier alpha value is -3.31. The Kier molecular flexibility index (Phi) is 4.29. The summed E-state index contributed by atoms with van der Waals surface area (Å²) in [6, 6.07) is 21.3. The van der Waals surface area contributed by atoms with Gasteiger partial charge in [0.25, 0.3) is 0 Å². The SMILES string of the molecule is O=C(Nc1ccc(-c2nc3cc(Cl)ccc3o2)cc1)Oc1ccccc1. The van der Waals surface area contributed by atoms with Crippen LogP contribution < -0.4 is 10.1 Å². The number of fused-ring (bicyclic) bond motifs is 1. The maximum absolute atomic E-state index is 11.9. The average molecular weight is 365 g/mol. The van der Waals surface area contributed by atoms with Gasteiger partial charge in [-0.3, -0.25) is 5.32 Å². The first kappa shape index (κ1) is 16.2. The number of halogens is 1. The van der Waals surface area contributed by atoms with E-state index in [9.17, 15) is 4.79 Å². The molecule has 0 atom stereocenters. The Labute approximate surface area is 154 Å². The number of amides is 1.